The van der Waals surface area contributed by atoms with Gasteiger partial charge in [-0.25, -0.2) is 0 Å². The van der Waals surface area contributed by atoms with Gasteiger partial charge in [-0.15, -0.1) is 0 Å². The SMILES string of the molecule is O=C(c1ccc(-c2ccccc2)cc1)c1ccccc1-c1ccc(-c2cccc3c2[nH]c2ccccc23)c2c1Nc1ccccc1S2. The topological polar surface area (TPSA) is 44.9 Å². The molecule has 0 spiro atoms. The second kappa shape index (κ2) is 11.2. The van der Waals surface area contributed by atoms with E-state index in [-0.39, 0.29) is 5.78 Å². The number of aromatic nitrogens is 1. The van der Waals surface area contributed by atoms with Crippen LogP contribution in [0.25, 0.3) is 55.2 Å². The van der Waals surface area contributed by atoms with E-state index in [0.717, 1.165) is 60.7 Å². The Morgan fingerprint density at radius 1 is 0.511 bits per heavy atom. The molecule has 1 aromatic heterocycles. The van der Waals surface area contributed by atoms with Crippen molar-refractivity contribution < 1.29 is 4.79 Å². The van der Waals surface area contributed by atoms with Gasteiger partial charge in [0.25, 0.3) is 0 Å². The molecule has 0 saturated heterocycles. The number of H-pyrrole nitrogens is 1. The van der Waals surface area contributed by atoms with E-state index in [1.54, 1.807) is 11.8 Å². The fourth-order valence-electron chi connectivity index (χ4n) is 6.77. The van der Waals surface area contributed by atoms with Crippen LogP contribution >= 0.6 is 11.8 Å². The average Bonchev–Trinajstić information content (AvgIpc) is 3.53. The van der Waals surface area contributed by atoms with Gasteiger partial charge in [0.15, 0.2) is 5.78 Å². The third-order valence-electron chi connectivity index (χ3n) is 9.06. The summed E-state index contributed by atoms with van der Waals surface area (Å²) in [4.78, 5) is 20.2. The number of hydrogen-bond donors (Lipinski definition) is 2. The minimum atomic E-state index is 0.00439. The summed E-state index contributed by atoms with van der Waals surface area (Å²) < 4.78 is 0. The Kier molecular flexibility index (Phi) is 6.54. The van der Waals surface area contributed by atoms with Crippen molar-refractivity contribution in [1.29, 1.82) is 0 Å². The Morgan fingerprint density at radius 3 is 2.09 bits per heavy atom. The summed E-state index contributed by atoms with van der Waals surface area (Å²) in [6.45, 7) is 0. The van der Waals surface area contributed by atoms with Gasteiger partial charge in [0.2, 0.25) is 0 Å². The molecule has 2 heterocycles. The smallest absolute Gasteiger partial charge is 0.193 e. The van der Waals surface area contributed by atoms with Crippen LogP contribution in [0.5, 0.6) is 0 Å². The van der Waals surface area contributed by atoms with Gasteiger partial charge in [0.05, 0.1) is 16.9 Å². The van der Waals surface area contributed by atoms with E-state index in [9.17, 15) is 4.79 Å². The number of nitrogens with one attached hydrogen (secondary N) is 2. The normalized spacial score (nSPS) is 12.0. The highest BCUT2D eigenvalue weighted by Gasteiger charge is 2.26. The molecule has 0 saturated carbocycles. The highest BCUT2D eigenvalue weighted by molar-refractivity contribution is 8.00. The van der Waals surface area contributed by atoms with E-state index >= 15 is 0 Å². The molecular weight excluding hydrogens is 593 g/mol. The number of hydrogen-bond acceptors (Lipinski definition) is 3. The highest BCUT2D eigenvalue weighted by atomic mass is 32.2. The van der Waals surface area contributed by atoms with E-state index in [1.165, 1.54) is 15.7 Å². The maximum absolute atomic E-state index is 14.1. The van der Waals surface area contributed by atoms with Crippen LogP contribution in [0.15, 0.2) is 168 Å². The summed E-state index contributed by atoms with van der Waals surface area (Å²) >= 11 is 1.78. The average molecular weight is 621 g/mol. The third-order valence-corrected chi connectivity index (χ3v) is 10.3. The summed E-state index contributed by atoms with van der Waals surface area (Å²) in [6, 6.07) is 53.9. The van der Waals surface area contributed by atoms with Crippen LogP contribution in [-0.2, 0) is 0 Å². The number of aromatic amines is 1. The van der Waals surface area contributed by atoms with Crippen molar-refractivity contribution >= 4 is 50.7 Å². The molecule has 0 amide bonds. The summed E-state index contributed by atoms with van der Waals surface area (Å²) in [5.41, 5.74) is 12.1. The standard InChI is InChI=1S/C43H28N2OS/c46-42(29-23-21-28(22-24-29)27-11-2-1-3-12-27)35-15-5-4-13-30(35)34-25-26-36(43-41(34)45-38-19-8-9-20-39(38)47-43)33-17-10-16-32-31-14-6-7-18-37(31)44-40(32)33/h1-26,44-45H. The molecule has 4 heteroatoms. The van der Waals surface area contributed by atoms with Gasteiger partial charge in [-0.3, -0.25) is 4.79 Å². The number of para-hydroxylation sites is 3. The summed E-state index contributed by atoms with van der Waals surface area (Å²) in [5, 5.41) is 6.21. The van der Waals surface area contributed by atoms with Crippen molar-refractivity contribution in [2.24, 2.45) is 0 Å². The number of carbonyl (C=O) groups excluding carboxylic acids is 1. The van der Waals surface area contributed by atoms with E-state index in [1.807, 2.05) is 60.7 Å². The molecule has 0 atom stereocenters. The zero-order valence-corrected chi connectivity index (χ0v) is 26.1. The van der Waals surface area contributed by atoms with E-state index in [2.05, 4.69) is 107 Å². The second-order valence-corrected chi connectivity index (χ2v) is 12.9. The number of ketones is 1. The molecule has 222 valence electrons. The first kappa shape index (κ1) is 27.5. The molecule has 1 aliphatic rings. The maximum Gasteiger partial charge on any atom is 0.193 e. The molecule has 2 N–H and O–H groups in total. The minimum absolute atomic E-state index is 0.00439. The van der Waals surface area contributed by atoms with Crippen LogP contribution < -0.4 is 5.32 Å². The lowest BCUT2D eigenvalue weighted by Gasteiger charge is -2.26. The van der Waals surface area contributed by atoms with Crippen molar-refractivity contribution in [1.82, 2.24) is 4.98 Å². The first-order valence-corrected chi connectivity index (χ1v) is 16.5. The Hall–Kier alpha value is -5.84. The van der Waals surface area contributed by atoms with E-state index in [0.29, 0.717) is 11.1 Å². The lowest BCUT2D eigenvalue weighted by atomic mass is 9.90. The maximum atomic E-state index is 14.1. The Bertz CT molecular complexity index is 2480. The van der Waals surface area contributed by atoms with Gasteiger partial charge in [0, 0.05) is 48.3 Å². The molecule has 8 aromatic rings. The molecular formula is C43H28N2OS. The van der Waals surface area contributed by atoms with Crippen LogP contribution in [0.3, 0.4) is 0 Å². The highest BCUT2D eigenvalue weighted by Crippen LogP contribution is 2.53. The summed E-state index contributed by atoms with van der Waals surface area (Å²) in [5.74, 6) is 0.00439. The van der Waals surface area contributed by atoms with Gasteiger partial charge in [-0.1, -0.05) is 151 Å². The lowest BCUT2D eigenvalue weighted by molar-refractivity contribution is 0.103. The number of fused-ring (bicyclic) bond motifs is 5. The molecule has 1 aliphatic heterocycles. The second-order valence-electron chi connectivity index (χ2n) is 11.8. The Labute approximate surface area is 276 Å². The lowest BCUT2D eigenvalue weighted by Crippen LogP contribution is -2.07. The molecule has 0 unspecified atom stereocenters. The monoisotopic (exact) mass is 620 g/mol. The Balaban J connectivity index is 1.19. The number of benzene rings is 7. The molecule has 47 heavy (non-hydrogen) atoms. The zero-order chi connectivity index (χ0) is 31.3. The van der Waals surface area contributed by atoms with Crippen molar-refractivity contribution in [3.05, 3.63) is 169 Å². The summed E-state index contributed by atoms with van der Waals surface area (Å²) in [6.07, 6.45) is 0. The van der Waals surface area contributed by atoms with E-state index < -0.39 is 0 Å². The minimum Gasteiger partial charge on any atom is -0.354 e. The van der Waals surface area contributed by atoms with Crippen LogP contribution in [0, 0.1) is 0 Å². The van der Waals surface area contributed by atoms with Gasteiger partial charge in [0.1, 0.15) is 0 Å². The van der Waals surface area contributed by atoms with Crippen molar-refractivity contribution in [3.8, 4) is 33.4 Å². The van der Waals surface area contributed by atoms with Crippen LogP contribution in [-0.4, -0.2) is 10.8 Å². The molecule has 0 fully saturated rings. The predicted octanol–water partition coefficient (Wildman–Crippen LogP) is 11.8. The van der Waals surface area contributed by atoms with Crippen LogP contribution in [0.2, 0.25) is 0 Å². The fourth-order valence-corrected chi connectivity index (χ4v) is 7.91. The third kappa shape index (κ3) is 4.65. The first-order chi connectivity index (χ1) is 23.2. The first-order valence-electron chi connectivity index (χ1n) is 15.7. The van der Waals surface area contributed by atoms with Crippen molar-refractivity contribution in [3.63, 3.8) is 0 Å². The van der Waals surface area contributed by atoms with Gasteiger partial charge in [-0.05, 0) is 40.5 Å². The quantitative estimate of drug-likeness (QED) is 0.188. The number of rotatable bonds is 5. The fraction of sp³-hybridized carbons (Fsp3) is 0. The van der Waals surface area contributed by atoms with E-state index in [4.69, 9.17) is 0 Å². The van der Waals surface area contributed by atoms with Crippen LogP contribution in [0.4, 0.5) is 11.4 Å². The molecule has 9 rings (SSSR count). The molecule has 3 nitrogen and oxygen atoms in total. The van der Waals surface area contributed by atoms with Crippen LogP contribution in [0.1, 0.15) is 15.9 Å². The van der Waals surface area contributed by atoms with Crippen molar-refractivity contribution in [2.75, 3.05) is 5.32 Å². The zero-order valence-electron chi connectivity index (χ0n) is 25.3. The summed E-state index contributed by atoms with van der Waals surface area (Å²) in [7, 11) is 0. The molecule has 7 aromatic carbocycles. The predicted molar refractivity (Wildman–Crippen MR) is 196 cm³/mol. The van der Waals surface area contributed by atoms with Gasteiger partial charge in [-0.2, -0.15) is 0 Å². The van der Waals surface area contributed by atoms with Gasteiger partial charge >= 0.3 is 0 Å². The largest absolute Gasteiger partial charge is 0.354 e. The molecule has 0 radical (unpaired) electrons. The molecule has 0 aliphatic carbocycles. The number of carbonyl (C=O) groups is 1. The van der Waals surface area contributed by atoms with Crippen molar-refractivity contribution in [2.45, 2.75) is 9.79 Å². The Morgan fingerprint density at radius 2 is 1.19 bits per heavy atom. The molecule has 0 bridgehead atoms. The van der Waals surface area contributed by atoms with Gasteiger partial charge < -0.3 is 10.3 Å². The number of anilines is 2.